The molecule has 1 fully saturated rings. The molecule has 0 unspecified atom stereocenters. The second kappa shape index (κ2) is 11.9. The van der Waals surface area contributed by atoms with Crippen molar-refractivity contribution >= 4 is 39.1 Å². The smallest absolute Gasteiger partial charge is 0.349 e. The van der Waals surface area contributed by atoms with E-state index in [1.165, 1.54) is 19.2 Å². The first kappa shape index (κ1) is 31.3. The molecule has 2 aromatic carbocycles. The molecule has 0 radical (unpaired) electrons. The lowest BCUT2D eigenvalue weighted by molar-refractivity contribution is -0.124. The van der Waals surface area contributed by atoms with Crippen molar-refractivity contribution in [2.45, 2.75) is 36.1 Å². The lowest BCUT2D eigenvalue weighted by Crippen LogP contribution is -2.49. The number of aromatic nitrogens is 3. The molecule has 4 rings (SSSR count). The molecule has 1 heterocycles. The Morgan fingerprint density at radius 1 is 1.14 bits per heavy atom. The quantitative estimate of drug-likeness (QED) is 0.266. The number of amides is 1. The summed E-state index contributed by atoms with van der Waals surface area (Å²) in [5.74, 6) is -1.43. The van der Waals surface area contributed by atoms with Gasteiger partial charge in [-0.25, -0.2) is 30.8 Å². The number of nitrogens with one attached hydrogen (secondary N) is 3. The fourth-order valence-electron chi connectivity index (χ4n) is 3.70. The lowest BCUT2D eigenvalue weighted by Gasteiger charge is -2.19. The first-order chi connectivity index (χ1) is 19.7. The summed E-state index contributed by atoms with van der Waals surface area (Å²) in [6, 6.07) is 5.69. The average molecular weight is 656 g/mol. The van der Waals surface area contributed by atoms with Gasteiger partial charge in [-0.15, -0.1) is 0 Å². The first-order valence-corrected chi connectivity index (χ1v) is 13.9. The SMILES string of the molecule is COc1ccc(Oc2c(Cl)cc(-n3nc(C(F)F)c(=O)[nH]c3=O)cc2Cl)cc1S(=O)(=O)NC1(C(=O)NCC(F)F)CC1. The molecule has 3 aromatic rings. The normalized spacial score (nSPS) is 14.2. The van der Waals surface area contributed by atoms with Crippen LogP contribution >= 0.6 is 23.2 Å². The van der Waals surface area contributed by atoms with Crippen LogP contribution in [0.4, 0.5) is 17.6 Å². The Hall–Kier alpha value is -3.67. The zero-order valence-corrected chi connectivity index (χ0v) is 23.4. The van der Waals surface area contributed by atoms with E-state index in [0.29, 0.717) is 4.68 Å². The molecule has 0 spiro atoms. The highest BCUT2D eigenvalue weighted by molar-refractivity contribution is 7.89. The molecule has 42 heavy (non-hydrogen) atoms. The van der Waals surface area contributed by atoms with Gasteiger partial charge in [0.2, 0.25) is 15.9 Å². The van der Waals surface area contributed by atoms with Crippen molar-refractivity contribution in [2.24, 2.45) is 0 Å². The maximum absolute atomic E-state index is 13.2. The molecule has 226 valence electrons. The Labute approximate surface area is 243 Å². The number of H-pyrrole nitrogens is 1. The van der Waals surface area contributed by atoms with Crippen molar-refractivity contribution in [3.8, 4) is 22.9 Å². The number of alkyl halides is 4. The maximum atomic E-state index is 13.2. The Morgan fingerprint density at radius 3 is 2.33 bits per heavy atom. The first-order valence-electron chi connectivity index (χ1n) is 11.6. The number of aromatic amines is 1. The van der Waals surface area contributed by atoms with Gasteiger partial charge in [-0.2, -0.15) is 14.5 Å². The largest absolute Gasteiger partial charge is 0.495 e. The highest BCUT2D eigenvalue weighted by Gasteiger charge is 2.53. The van der Waals surface area contributed by atoms with E-state index < -0.39 is 62.7 Å². The minimum Gasteiger partial charge on any atom is -0.495 e. The number of sulfonamides is 1. The zero-order valence-electron chi connectivity index (χ0n) is 21.1. The minimum absolute atomic E-state index is 0.0728. The van der Waals surface area contributed by atoms with E-state index in [-0.39, 0.29) is 45.8 Å². The van der Waals surface area contributed by atoms with Crippen molar-refractivity contribution in [3.63, 3.8) is 0 Å². The van der Waals surface area contributed by atoms with Gasteiger partial charge in [0.1, 0.15) is 21.9 Å². The van der Waals surface area contributed by atoms with E-state index in [1.54, 1.807) is 4.98 Å². The van der Waals surface area contributed by atoms with E-state index in [9.17, 15) is 40.4 Å². The van der Waals surface area contributed by atoms with E-state index in [0.717, 1.165) is 18.2 Å². The number of nitrogens with zero attached hydrogens (tertiary/aromatic N) is 2. The highest BCUT2D eigenvalue weighted by atomic mass is 35.5. The maximum Gasteiger partial charge on any atom is 0.349 e. The van der Waals surface area contributed by atoms with Crippen LogP contribution in [-0.4, -0.2) is 54.7 Å². The van der Waals surface area contributed by atoms with Gasteiger partial charge in [-0.3, -0.25) is 14.6 Å². The number of methoxy groups -OCH3 is 1. The fourth-order valence-corrected chi connectivity index (χ4v) is 5.86. The number of carbonyl (C=O) groups is 1. The molecule has 1 aliphatic carbocycles. The molecule has 1 amide bonds. The topological polar surface area (TPSA) is 161 Å². The minimum atomic E-state index is -4.48. The molecule has 0 atom stereocenters. The Bertz CT molecular complexity index is 1740. The predicted molar refractivity (Wildman–Crippen MR) is 140 cm³/mol. The molecule has 0 saturated heterocycles. The summed E-state index contributed by atoms with van der Waals surface area (Å²) < 4.78 is 91.2. The second-order valence-corrected chi connectivity index (χ2v) is 11.3. The molecule has 12 nitrogen and oxygen atoms in total. The molecule has 3 N–H and O–H groups in total. The molecule has 0 aliphatic heterocycles. The van der Waals surface area contributed by atoms with Gasteiger partial charge in [0.05, 0.1) is 29.4 Å². The highest BCUT2D eigenvalue weighted by Crippen LogP contribution is 2.41. The van der Waals surface area contributed by atoms with Crippen molar-refractivity contribution in [3.05, 3.63) is 66.9 Å². The second-order valence-electron chi connectivity index (χ2n) is 8.80. The van der Waals surface area contributed by atoms with Gasteiger partial charge in [0, 0.05) is 6.07 Å². The number of hydrogen-bond donors (Lipinski definition) is 3. The number of rotatable bonds is 11. The van der Waals surface area contributed by atoms with Crippen LogP contribution in [0.25, 0.3) is 5.69 Å². The van der Waals surface area contributed by atoms with Crippen LogP contribution in [0.15, 0.2) is 44.8 Å². The summed E-state index contributed by atoms with van der Waals surface area (Å²) >= 11 is 12.5. The molecule has 19 heteroatoms. The Balaban J connectivity index is 1.64. The Morgan fingerprint density at radius 2 is 1.79 bits per heavy atom. The zero-order chi connectivity index (χ0) is 31.0. The summed E-state index contributed by atoms with van der Waals surface area (Å²) in [6.45, 7) is -0.949. The molecule has 1 saturated carbocycles. The number of halogens is 6. The van der Waals surface area contributed by atoms with Crippen molar-refractivity contribution in [1.82, 2.24) is 24.8 Å². The van der Waals surface area contributed by atoms with Crippen LogP contribution in [0.3, 0.4) is 0 Å². The number of benzene rings is 2. The molecule has 1 aromatic heterocycles. The number of hydrogen-bond acceptors (Lipinski definition) is 8. The average Bonchev–Trinajstić information content (AvgIpc) is 3.68. The number of carbonyl (C=O) groups excluding carboxylic acids is 1. The van der Waals surface area contributed by atoms with Crippen molar-refractivity contribution in [2.75, 3.05) is 13.7 Å². The molecule has 1 aliphatic rings. The van der Waals surface area contributed by atoms with Gasteiger partial charge in [-0.05, 0) is 37.1 Å². The van der Waals surface area contributed by atoms with Crippen molar-refractivity contribution < 1.29 is 40.2 Å². The summed E-state index contributed by atoms with van der Waals surface area (Å²) in [5.41, 5.74) is -5.57. The third kappa shape index (κ3) is 6.53. The van der Waals surface area contributed by atoms with Gasteiger partial charge in [0.15, 0.2) is 11.4 Å². The summed E-state index contributed by atoms with van der Waals surface area (Å²) in [6.07, 6.45) is -5.97. The fraction of sp³-hybridized carbons (Fsp3) is 0.304. The lowest BCUT2D eigenvalue weighted by atomic mass is 10.3. The van der Waals surface area contributed by atoms with Crippen LogP contribution in [0.5, 0.6) is 17.2 Å². The van der Waals surface area contributed by atoms with Gasteiger partial charge in [0.25, 0.3) is 18.4 Å². The van der Waals surface area contributed by atoms with Crippen LogP contribution in [-0.2, 0) is 14.8 Å². The summed E-state index contributed by atoms with van der Waals surface area (Å²) in [5, 5.41) is 4.83. The molecular formula is C23H19Cl2F4N5O7S. The van der Waals surface area contributed by atoms with Crippen LogP contribution in [0.2, 0.25) is 10.0 Å². The number of ether oxygens (including phenoxy) is 2. The predicted octanol–water partition coefficient (Wildman–Crippen LogP) is 3.16. The van der Waals surface area contributed by atoms with E-state index in [2.05, 4.69) is 9.82 Å². The van der Waals surface area contributed by atoms with E-state index in [4.69, 9.17) is 32.7 Å². The van der Waals surface area contributed by atoms with Gasteiger partial charge < -0.3 is 14.8 Å². The van der Waals surface area contributed by atoms with Crippen molar-refractivity contribution in [1.29, 1.82) is 0 Å². The van der Waals surface area contributed by atoms with Gasteiger partial charge in [-0.1, -0.05) is 23.2 Å². The van der Waals surface area contributed by atoms with E-state index >= 15 is 0 Å². The van der Waals surface area contributed by atoms with Crippen LogP contribution < -0.4 is 30.8 Å². The monoisotopic (exact) mass is 655 g/mol. The Kier molecular flexibility index (Phi) is 8.86. The van der Waals surface area contributed by atoms with Gasteiger partial charge >= 0.3 is 5.69 Å². The third-order valence-electron chi connectivity index (χ3n) is 5.86. The van der Waals surface area contributed by atoms with Crippen LogP contribution in [0.1, 0.15) is 25.0 Å². The third-order valence-corrected chi connectivity index (χ3v) is 7.98. The summed E-state index contributed by atoms with van der Waals surface area (Å²) in [4.78, 5) is 37.3. The molecular weight excluding hydrogens is 637 g/mol. The standard InChI is InChI=1S/C23H19Cl2F4N5O7S/c1-40-14-3-2-11(8-15(14)42(38,39)33-23(4-5-23)21(36)30-9-16(26)27)41-18-12(24)6-10(7-13(18)25)34-22(37)31-20(35)17(32-34)19(28)29/h2-3,6-8,16,19,33H,4-5,9H2,1H3,(H,30,36)(H,31,35,37). The van der Waals surface area contributed by atoms with E-state index in [1.807, 2.05) is 5.32 Å². The molecule has 0 bridgehead atoms. The van der Waals surface area contributed by atoms with Crippen LogP contribution in [0, 0.1) is 0 Å². The summed E-state index contributed by atoms with van der Waals surface area (Å²) in [7, 11) is -3.29.